The third kappa shape index (κ3) is 9.79. The molecule has 0 aliphatic heterocycles. The molecule has 0 radical (unpaired) electrons. The number of nitrogens with zero attached hydrogens (tertiary/aromatic N) is 1. The molecule has 15 heteroatoms. The number of amides is 1. The van der Waals surface area contributed by atoms with Crippen molar-refractivity contribution in [1.82, 2.24) is 15.0 Å². The normalized spacial score (nSPS) is 11.6. The molecule has 3 rings (SSSR count). The predicted molar refractivity (Wildman–Crippen MR) is 144 cm³/mol. The molecule has 0 unspecified atom stereocenters. The van der Waals surface area contributed by atoms with Crippen LogP contribution in [0.1, 0.15) is 26.5 Å². The maximum Gasteiger partial charge on any atom is 0.305 e. The summed E-state index contributed by atoms with van der Waals surface area (Å²) in [5.41, 5.74) is 0.906. The molecule has 0 aliphatic rings. The fourth-order valence-corrected chi connectivity index (χ4v) is 5.90. The molecule has 0 fully saturated rings. The number of carbonyl (C=O) groups is 4. The lowest BCUT2D eigenvalue weighted by molar-refractivity contribution is -0.139. The largest absolute Gasteiger partial charge is 0.504 e. The number of nitrogens with one attached hydrogen (secondary N) is 2. The zero-order valence-corrected chi connectivity index (χ0v) is 22.7. The number of carboxylic acid groups (broad SMARTS) is 1. The van der Waals surface area contributed by atoms with Crippen LogP contribution in [0.4, 0.5) is 0 Å². The number of carboxylic acids is 1. The Kier molecular flexibility index (Phi) is 12.1. The lowest BCUT2D eigenvalue weighted by Crippen LogP contribution is -2.43. The number of carbonyl (C=O) groups excluding carboxylic acids is 3. The molecular weight excluding hydrogens is 570 g/mol. The number of sulfonamides is 1. The van der Waals surface area contributed by atoms with Crippen LogP contribution in [-0.2, 0) is 36.7 Å². The number of hydrogen-bond donors (Lipinski definition) is 5. The molecule has 1 aromatic carbocycles. The second-order valence-corrected chi connectivity index (χ2v) is 11.6. The van der Waals surface area contributed by atoms with Gasteiger partial charge in [-0.25, -0.2) is 13.1 Å². The maximum atomic E-state index is 12.7. The van der Waals surface area contributed by atoms with Crippen molar-refractivity contribution in [2.24, 2.45) is 0 Å². The molecular formula is C24H25N3O9S3. The molecule has 0 saturated heterocycles. The number of hydrogen-bond acceptors (Lipinski definition) is 11. The number of rotatable bonds is 13. The molecule has 0 saturated carbocycles. The van der Waals surface area contributed by atoms with Crippen molar-refractivity contribution in [3.8, 4) is 11.5 Å². The highest BCUT2D eigenvalue weighted by molar-refractivity contribution is 7.99. The smallest absolute Gasteiger partial charge is 0.305 e. The van der Waals surface area contributed by atoms with E-state index >= 15 is 0 Å². The van der Waals surface area contributed by atoms with E-state index in [4.69, 9.17) is 4.79 Å². The summed E-state index contributed by atoms with van der Waals surface area (Å²) in [6.45, 7) is 1.84. The number of benzene rings is 1. The Labute approximate surface area is 232 Å². The van der Waals surface area contributed by atoms with Gasteiger partial charge in [-0.15, -0.1) is 23.1 Å². The van der Waals surface area contributed by atoms with Gasteiger partial charge in [-0.2, -0.15) is 0 Å². The maximum absolute atomic E-state index is 12.7. The highest BCUT2D eigenvalue weighted by atomic mass is 32.2. The lowest BCUT2D eigenvalue weighted by Gasteiger charge is -2.15. The number of aromatic hydroxyl groups is 2. The molecule has 39 heavy (non-hydrogen) atoms. The Balaban J connectivity index is 0.00000260. The molecule has 3 aromatic rings. The third-order valence-electron chi connectivity index (χ3n) is 4.89. The molecule has 0 spiro atoms. The Morgan fingerprint density at radius 1 is 1.08 bits per heavy atom. The van der Waals surface area contributed by atoms with Crippen molar-refractivity contribution >= 4 is 57.6 Å². The van der Waals surface area contributed by atoms with Gasteiger partial charge in [0.05, 0.1) is 28.0 Å². The van der Waals surface area contributed by atoms with E-state index in [2.05, 4.69) is 15.0 Å². The van der Waals surface area contributed by atoms with E-state index in [0.717, 1.165) is 35.1 Å². The van der Waals surface area contributed by atoms with Crippen LogP contribution in [-0.4, -0.2) is 65.0 Å². The van der Waals surface area contributed by atoms with Crippen LogP contribution in [0.5, 0.6) is 11.5 Å². The van der Waals surface area contributed by atoms with Gasteiger partial charge in [0.1, 0.15) is 6.79 Å². The van der Waals surface area contributed by atoms with Gasteiger partial charge in [-0.05, 0) is 35.9 Å². The first-order chi connectivity index (χ1) is 18.5. The summed E-state index contributed by atoms with van der Waals surface area (Å²) in [5.74, 6) is -2.87. The minimum atomic E-state index is -4.01. The van der Waals surface area contributed by atoms with Gasteiger partial charge < -0.3 is 25.4 Å². The SMILES string of the molecule is C=O.O=C(O)C[C@H](NC(=O)c1ccc(CNS(=O)(=O)c2ccc(O)c(O)c2)s1)C(=O)CSCc1cccnc1. The second kappa shape index (κ2) is 15.0. The summed E-state index contributed by atoms with van der Waals surface area (Å²) in [5, 5.41) is 30.5. The predicted octanol–water partition coefficient (Wildman–Crippen LogP) is 1.92. The number of phenols is 2. The molecule has 2 heterocycles. The zero-order chi connectivity index (χ0) is 29.0. The van der Waals surface area contributed by atoms with Crippen molar-refractivity contribution < 1.29 is 42.9 Å². The molecule has 2 aromatic heterocycles. The van der Waals surface area contributed by atoms with Crippen LogP contribution >= 0.6 is 23.1 Å². The molecule has 12 nitrogen and oxygen atoms in total. The highest BCUT2D eigenvalue weighted by Gasteiger charge is 2.25. The first-order valence-corrected chi connectivity index (χ1v) is 14.4. The minimum absolute atomic E-state index is 0.00257. The van der Waals surface area contributed by atoms with Crippen molar-refractivity contribution in [3.63, 3.8) is 0 Å². The number of thioether (sulfide) groups is 1. The first-order valence-electron chi connectivity index (χ1n) is 11.0. The van der Waals surface area contributed by atoms with Crippen molar-refractivity contribution in [2.75, 3.05) is 5.75 Å². The first kappa shape index (κ1) is 31.4. The Morgan fingerprint density at radius 2 is 1.82 bits per heavy atom. The fraction of sp³-hybridized carbons (Fsp3) is 0.208. The Bertz CT molecular complexity index is 1400. The number of phenolic OH excluding ortho intramolecular Hbond substituents is 2. The number of aromatic nitrogens is 1. The van der Waals surface area contributed by atoms with Gasteiger partial charge in [-0.1, -0.05) is 6.07 Å². The molecule has 0 aliphatic carbocycles. The van der Waals surface area contributed by atoms with Crippen LogP contribution in [0, 0.1) is 0 Å². The van der Waals surface area contributed by atoms with E-state index in [0.29, 0.717) is 10.6 Å². The molecule has 1 amide bonds. The topological polar surface area (TPSA) is 200 Å². The van der Waals surface area contributed by atoms with Crippen LogP contribution in [0.2, 0.25) is 0 Å². The summed E-state index contributed by atoms with van der Waals surface area (Å²) in [6, 6.07) is 8.43. The lowest BCUT2D eigenvalue weighted by atomic mass is 10.1. The summed E-state index contributed by atoms with van der Waals surface area (Å²) >= 11 is 2.25. The van der Waals surface area contributed by atoms with Gasteiger partial charge in [-0.3, -0.25) is 19.4 Å². The van der Waals surface area contributed by atoms with Crippen molar-refractivity contribution in [3.05, 3.63) is 70.2 Å². The number of pyridine rings is 1. The minimum Gasteiger partial charge on any atom is -0.504 e. The van der Waals surface area contributed by atoms with Gasteiger partial charge >= 0.3 is 5.97 Å². The van der Waals surface area contributed by atoms with Crippen molar-refractivity contribution in [1.29, 1.82) is 0 Å². The van der Waals surface area contributed by atoms with E-state index in [1.54, 1.807) is 18.5 Å². The van der Waals surface area contributed by atoms with Crippen LogP contribution in [0.15, 0.2) is 59.8 Å². The zero-order valence-electron chi connectivity index (χ0n) is 20.3. The average molecular weight is 596 g/mol. The second-order valence-electron chi connectivity index (χ2n) is 7.69. The number of Topliss-reactive ketones (excluding diaryl/α,β-unsaturated/α-hetero) is 1. The molecule has 1 atom stereocenters. The van der Waals surface area contributed by atoms with Crippen LogP contribution in [0.25, 0.3) is 0 Å². The summed E-state index contributed by atoms with van der Waals surface area (Å²) < 4.78 is 27.2. The Hall–Kier alpha value is -3.79. The van der Waals surface area contributed by atoms with E-state index in [-0.39, 0.29) is 22.1 Å². The number of ketones is 1. The van der Waals surface area contributed by atoms with Crippen LogP contribution in [0.3, 0.4) is 0 Å². The third-order valence-corrected chi connectivity index (χ3v) is 8.40. The average Bonchev–Trinajstić information content (AvgIpc) is 3.39. The van der Waals surface area contributed by atoms with E-state index in [9.17, 15) is 38.1 Å². The molecule has 208 valence electrons. The number of aliphatic carboxylic acids is 1. The van der Waals surface area contributed by atoms with Crippen molar-refractivity contribution in [2.45, 2.75) is 29.7 Å². The van der Waals surface area contributed by atoms with Crippen LogP contribution < -0.4 is 10.0 Å². The fourth-order valence-electron chi connectivity index (χ4n) is 3.02. The Morgan fingerprint density at radius 3 is 2.46 bits per heavy atom. The summed E-state index contributed by atoms with van der Waals surface area (Å²) in [4.78, 5) is 48.9. The summed E-state index contributed by atoms with van der Waals surface area (Å²) in [6.07, 6.45) is 2.72. The van der Waals surface area contributed by atoms with E-state index < -0.39 is 51.6 Å². The number of thiophene rings is 1. The highest BCUT2D eigenvalue weighted by Crippen LogP contribution is 2.27. The van der Waals surface area contributed by atoms with Gasteiger partial charge in [0.25, 0.3) is 5.91 Å². The molecule has 5 N–H and O–H groups in total. The standard InChI is InChI=1S/C23H23N3O8S3.CH2O/c27-18-5-4-16(8-19(18)28)37(33,34)25-11-15-3-6-21(36-15)23(32)26-17(9-22(30)31)20(29)13-35-12-14-2-1-7-24-10-14;1-2/h1-8,10,17,25,27-28H,9,11-13H2,(H,26,32)(H,30,31);1H2/t17-;/m0./s1. The van der Waals surface area contributed by atoms with Gasteiger partial charge in [0.15, 0.2) is 17.3 Å². The quantitative estimate of drug-likeness (QED) is 0.181. The van der Waals surface area contributed by atoms with E-state index in [1.165, 1.54) is 23.9 Å². The van der Waals surface area contributed by atoms with E-state index in [1.807, 2.05) is 12.9 Å². The van der Waals surface area contributed by atoms with Gasteiger partial charge in [0, 0.05) is 35.6 Å². The molecule has 0 bridgehead atoms. The van der Waals surface area contributed by atoms with Gasteiger partial charge in [0.2, 0.25) is 10.0 Å². The summed E-state index contributed by atoms with van der Waals surface area (Å²) in [7, 11) is -4.01. The monoisotopic (exact) mass is 595 g/mol.